The Balaban J connectivity index is 1.24. The van der Waals surface area contributed by atoms with E-state index in [9.17, 15) is 9.59 Å². The van der Waals surface area contributed by atoms with Gasteiger partial charge >= 0.3 is 0 Å². The number of benzene rings is 3. The summed E-state index contributed by atoms with van der Waals surface area (Å²) < 4.78 is 5.60. The molecule has 36 heavy (non-hydrogen) atoms. The Labute approximate surface area is 221 Å². The maximum absolute atomic E-state index is 12.5. The van der Waals surface area contributed by atoms with Gasteiger partial charge in [0.25, 0.3) is 5.91 Å². The van der Waals surface area contributed by atoms with Gasteiger partial charge in [-0.2, -0.15) is 0 Å². The van der Waals surface area contributed by atoms with E-state index in [0.29, 0.717) is 34.6 Å². The first-order valence-corrected chi connectivity index (χ1v) is 12.4. The van der Waals surface area contributed by atoms with Gasteiger partial charge in [0.05, 0.1) is 5.02 Å². The van der Waals surface area contributed by atoms with Crippen molar-refractivity contribution in [2.75, 3.05) is 43.0 Å². The summed E-state index contributed by atoms with van der Waals surface area (Å²) in [5, 5.41) is 3.71. The molecule has 0 aliphatic carbocycles. The number of hydrogen-bond acceptors (Lipinski definition) is 4. The zero-order valence-electron chi connectivity index (χ0n) is 19.9. The molecule has 0 atom stereocenters. The monoisotopic (exact) mass is 523 g/mol. The maximum Gasteiger partial charge on any atom is 0.262 e. The number of halogens is 2. The second kappa shape index (κ2) is 12.0. The van der Waals surface area contributed by atoms with Crippen molar-refractivity contribution in [3.8, 4) is 5.75 Å². The number of nitrogens with one attached hydrogen (secondary N) is 1. The molecule has 0 bridgehead atoms. The van der Waals surface area contributed by atoms with E-state index in [4.69, 9.17) is 27.9 Å². The van der Waals surface area contributed by atoms with Gasteiger partial charge in [-0.15, -0.1) is 0 Å². The lowest BCUT2D eigenvalue weighted by Gasteiger charge is -2.35. The van der Waals surface area contributed by atoms with Crippen molar-refractivity contribution < 1.29 is 14.3 Å². The highest BCUT2D eigenvalue weighted by Crippen LogP contribution is 2.31. The van der Waals surface area contributed by atoms with Crippen LogP contribution in [0.1, 0.15) is 11.1 Å². The summed E-state index contributed by atoms with van der Waals surface area (Å²) in [6.07, 6.45) is 3.48. The van der Waals surface area contributed by atoms with E-state index >= 15 is 0 Å². The minimum Gasteiger partial charge on any atom is -0.482 e. The van der Waals surface area contributed by atoms with Crippen LogP contribution in [0.2, 0.25) is 10.0 Å². The summed E-state index contributed by atoms with van der Waals surface area (Å²) in [7, 11) is 0. The molecule has 0 unspecified atom stereocenters. The topological polar surface area (TPSA) is 61.9 Å². The molecule has 6 nitrogen and oxygen atoms in total. The number of carbonyl (C=O) groups is 2. The minimum atomic E-state index is -0.288. The molecule has 186 valence electrons. The third-order valence-corrected chi connectivity index (χ3v) is 6.37. The molecule has 1 aliphatic heterocycles. The van der Waals surface area contributed by atoms with Crippen molar-refractivity contribution >= 4 is 52.5 Å². The molecule has 0 radical (unpaired) electrons. The zero-order chi connectivity index (χ0) is 25.5. The number of rotatable bonds is 7. The van der Waals surface area contributed by atoms with E-state index in [1.807, 2.05) is 72.5 Å². The van der Waals surface area contributed by atoms with Gasteiger partial charge in [0.15, 0.2) is 6.61 Å². The summed E-state index contributed by atoms with van der Waals surface area (Å²) in [5.74, 6) is 0.178. The van der Waals surface area contributed by atoms with Crippen molar-refractivity contribution in [3.63, 3.8) is 0 Å². The van der Waals surface area contributed by atoms with Gasteiger partial charge in [-0.3, -0.25) is 9.59 Å². The van der Waals surface area contributed by atoms with Crippen LogP contribution >= 0.6 is 23.2 Å². The fraction of sp³-hybridized carbons (Fsp3) is 0.214. The SMILES string of the molecule is Cc1cc(Cl)cc(Cl)c1OCC(=O)Nc1ccc(N2CCN(C(=O)/C=C/c3ccccc3)CC2)cc1. The molecule has 1 N–H and O–H groups in total. The van der Waals surface area contributed by atoms with Gasteiger partial charge < -0.3 is 19.9 Å². The Morgan fingerprint density at radius 1 is 0.972 bits per heavy atom. The normalized spacial score (nSPS) is 13.6. The van der Waals surface area contributed by atoms with Crippen molar-refractivity contribution in [3.05, 3.63) is 94.0 Å². The Hall–Kier alpha value is -3.48. The quantitative estimate of drug-likeness (QED) is 0.404. The smallest absolute Gasteiger partial charge is 0.262 e. The van der Waals surface area contributed by atoms with Gasteiger partial charge in [0, 0.05) is 48.7 Å². The molecule has 1 aliphatic rings. The molecule has 4 rings (SSSR count). The summed E-state index contributed by atoms with van der Waals surface area (Å²) >= 11 is 12.1. The lowest BCUT2D eigenvalue weighted by molar-refractivity contribution is -0.126. The molecular formula is C28H27Cl2N3O3. The summed E-state index contributed by atoms with van der Waals surface area (Å²) in [6, 6.07) is 20.7. The fourth-order valence-electron chi connectivity index (χ4n) is 3.98. The van der Waals surface area contributed by atoms with Gasteiger partial charge in [-0.25, -0.2) is 0 Å². The Kier molecular flexibility index (Phi) is 8.52. The Bertz CT molecular complexity index is 1220. The summed E-state index contributed by atoms with van der Waals surface area (Å²) in [6.45, 7) is 4.44. The van der Waals surface area contributed by atoms with E-state index < -0.39 is 0 Å². The summed E-state index contributed by atoms with van der Waals surface area (Å²) in [4.78, 5) is 28.9. The van der Waals surface area contributed by atoms with Gasteiger partial charge in [0.1, 0.15) is 5.75 Å². The van der Waals surface area contributed by atoms with Crippen LogP contribution < -0.4 is 15.0 Å². The number of hydrogen-bond donors (Lipinski definition) is 1. The number of carbonyl (C=O) groups excluding carboxylic acids is 2. The molecule has 0 aromatic heterocycles. The average Bonchev–Trinajstić information content (AvgIpc) is 2.88. The van der Waals surface area contributed by atoms with E-state index in [1.165, 1.54) is 0 Å². The van der Waals surface area contributed by atoms with E-state index in [-0.39, 0.29) is 18.4 Å². The summed E-state index contributed by atoms with van der Waals surface area (Å²) in [5.41, 5.74) is 3.48. The first kappa shape index (κ1) is 25.6. The Morgan fingerprint density at radius 3 is 2.33 bits per heavy atom. The maximum atomic E-state index is 12.5. The van der Waals surface area contributed by atoms with Crippen LogP contribution in [0.25, 0.3) is 6.08 Å². The van der Waals surface area contributed by atoms with E-state index in [2.05, 4.69) is 10.2 Å². The third-order valence-electron chi connectivity index (χ3n) is 5.87. The number of anilines is 2. The molecule has 2 amide bonds. The lowest BCUT2D eigenvalue weighted by atomic mass is 10.2. The van der Waals surface area contributed by atoms with Crippen LogP contribution in [0, 0.1) is 6.92 Å². The lowest BCUT2D eigenvalue weighted by Crippen LogP contribution is -2.48. The number of amides is 2. The van der Waals surface area contributed by atoms with Crippen LogP contribution in [-0.2, 0) is 9.59 Å². The number of aryl methyl sites for hydroxylation is 1. The van der Waals surface area contributed by atoms with E-state index in [0.717, 1.165) is 29.9 Å². The Morgan fingerprint density at radius 2 is 1.67 bits per heavy atom. The highest BCUT2D eigenvalue weighted by atomic mass is 35.5. The largest absolute Gasteiger partial charge is 0.482 e. The van der Waals surface area contributed by atoms with Gasteiger partial charge in [-0.1, -0.05) is 53.5 Å². The second-order valence-corrected chi connectivity index (χ2v) is 9.32. The first-order valence-electron chi connectivity index (χ1n) is 11.6. The standard InChI is InChI=1S/C28H27Cl2N3O3/c1-20-17-22(29)18-25(30)28(20)36-19-26(34)31-23-8-10-24(11-9-23)32-13-15-33(16-14-32)27(35)12-7-21-5-3-2-4-6-21/h2-12,17-18H,13-16,19H2,1H3,(H,31,34)/b12-7+. The number of piperazine rings is 1. The zero-order valence-corrected chi connectivity index (χ0v) is 21.4. The first-order chi connectivity index (χ1) is 17.4. The van der Waals surface area contributed by atoms with Crippen molar-refractivity contribution in [1.82, 2.24) is 4.90 Å². The van der Waals surface area contributed by atoms with Crippen molar-refractivity contribution in [2.24, 2.45) is 0 Å². The van der Waals surface area contributed by atoms with E-state index in [1.54, 1.807) is 18.2 Å². The van der Waals surface area contributed by atoms with Crippen LogP contribution in [0.15, 0.2) is 72.8 Å². The van der Waals surface area contributed by atoms with Gasteiger partial charge in [-0.05, 0) is 60.5 Å². The highest BCUT2D eigenvalue weighted by Gasteiger charge is 2.20. The van der Waals surface area contributed by atoms with Crippen LogP contribution in [-0.4, -0.2) is 49.5 Å². The predicted molar refractivity (Wildman–Crippen MR) is 146 cm³/mol. The predicted octanol–water partition coefficient (Wildman–Crippen LogP) is 5.68. The van der Waals surface area contributed by atoms with Crippen molar-refractivity contribution in [1.29, 1.82) is 0 Å². The fourth-order valence-corrected chi connectivity index (χ4v) is 4.63. The molecule has 0 saturated carbocycles. The molecule has 8 heteroatoms. The molecule has 1 fully saturated rings. The number of nitrogens with zero attached hydrogens (tertiary/aromatic N) is 2. The molecule has 0 spiro atoms. The molecule has 3 aromatic rings. The molecule has 1 saturated heterocycles. The van der Waals surface area contributed by atoms with Crippen molar-refractivity contribution in [2.45, 2.75) is 6.92 Å². The third kappa shape index (κ3) is 6.80. The average molecular weight is 524 g/mol. The van der Waals surface area contributed by atoms with Crippen LogP contribution in [0.4, 0.5) is 11.4 Å². The molecule has 3 aromatic carbocycles. The number of ether oxygens (including phenoxy) is 1. The highest BCUT2D eigenvalue weighted by molar-refractivity contribution is 6.35. The second-order valence-electron chi connectivity index (χ2n) is 8.47. The van der Waals surface area contributed by atoms with Gasteiger partial charge in [0.2, 0.25) is 5.91 Å². The molecular weight excluding hydrogens is 497 g/mol. The minimum absolute atomic E-state index is 0.0221. The van der Waals surface area contributed by atoms with Crippen LogP contribution in [0.3, 0.4) is 0 Å². The van der Waals surface area contributed by atoms with Crippen LogP contribution in [0.5, 0.6) is 5.75 Å². The molecule has 1 heterocycles.